The van der Waals surface area contributed by atoms with Crippen molar-refractivity contribution in [1.29, 1.82) is 0 Å². The van der Waals surface area contributed by atoms with Crippen molar-refractivity contribution in [1.82, 2.24) is 9.29 Å². The zero-order valence-electron chi connectivity index (χ0n) is 10.8. The van der Waals surface area contributed by atoms with E-state index < -0.39 is 10.0 Å². The van der Waals surface area contributed by atoms with Gasteiger partial charge in [0, 0.05) is 27.3 Å². The van der Waals surface area contributed by atoms with Crippen LogP contribution in [-0.2, 0) is 19.5 Å². The molecule has 0 aromatic carbocycles. The molecule has 1 fully saturated rings. The topological polar surface area (TPSA) is 68.7 Å². The summed E-state index contributed by atoms with van der Waals surface area (Å²) in [4.78, 5) is 3.94. The number of rotatable bonds is 4. The number of sulfonamides is 1. The van der Waals surface area contributed by atoms with Crippen molar-refractivity contribution in [2.75, 3.05) is 27.3 Å². The van der Waals surface area contributed by atoms with Crippen molar-refractivity contribution >= 4 is 33.0 Å². The van der Waals surface area contributed by atoms with Crippen LogP contribution >= 0.6 is 22.9 Å². The summed E-state index contributed by atoms with van der Waals surface area (Å²) in [6, 6.07) is 0. The number of aromatic nitrogens is 1. The second kappa shape index (κ2) is 5.63. The van der Waals surface area contributed by atoms with Crippen molar-refractivity contribution < 1.29 is 17.9 Å². The Bertz CT molecular complexity index is 548. The van der Waals surface area contributed by atoms with Gasteiger partial charge in [0.05, 0.1) is 17.9 Å². The lowest BCUT2D eigenvalue weighted by molar-refractivity contribution is -0.00461. The van der Waals surface area contributed by atoms with Gasteiger partial charge in [-0.15, -0.1) is 0 Å². The van der Waals surface area contributed by atoms with Crippen LogP contribution in [-0.4, -0.2) is 57.2 Å². The minimum absolute atomic E-state index is 0.184. The lowest BCUT2D eigenvalue weighted by atomic mass is 10.3. The van der Waals surface area contributed by atoms with E-state index in [0.717, 1.165) is 11.3 Å². The highest BCUT2D eigenvalue weighted by molar-refractivity contribution is 7.91. The third-order valence-electron chi connectivity index (χ3n) is 3.09. The van der Waals surface area contributed by atoms with E-state index in [1.165, 1.54) is 4.31 Å². The molecule has 0 amide bonds. The Morgan fingerprint density at radius 1 is 1.32 bits per heavy atom. The normalized spacial score (nSPS) is 25.1. The summed E-state index contributed by atoms with van der Waals surface area (Å²) >= 11 is 6.73. The fourth-order valence-electron chi connectivity index (χ4n) is 2.07. The zero-order valence-corrected chi connectivity index (χ0v) is 13.2. The minimum Gasteiger partial charge on any atom is -0.377 e. The lowest BCUT2D eigenvalue weighted by Crippen LogP contribution is -2.30. The quantitative estimate of drug-likeness (QED) is 0.830. The second-order valence-electron chi connectivity index (χ2n) is 4.21. The number of thiazole rings is 1. The number of aryl methyl sites for hydroxylation is 1. The maximum atomic E-state index is 12.5. The van der Waals surface area contributed by atoms with Crippen molar-refractivity contribution in [2.24, 2.45) is 0 Å². The van der Waals surface area contributed by atoms with E-state index >= 15 is 0 Å². The fraction of sp³-hybridized carbons (Fsp3) is 0.700. The van der Waals surface area contributed by atoms with Crippen molar-refractivity contribution in [3.63, 3.8) is 0 Å². The number of halogens is 1. The first kappa shape index (κ1) is 15.1. The molecule has 0 spiro atoms. The number of methoxy groups -OCH3 is 2. The van der Waals surface area contributed by atoms with Gasteiger partial charge in [0.2, 0.25) is 0 Å². The molecule has 2 rings (SSSR count). The van der Waals surface area contributed by atoms with Gasteiger partial charge < -0.3 is 9.47 Å². The Balaban J connectivity index is 2.29. The highest BCUT2D eigenvalue weighted by atomic mass is 35.5. The molecule has 0 N–H and O–H groups in total. The van der Waals surface area contributed by atoms with E-state index in [-0.39, 0.29) is 34.0 Å². The highest BCUT2D eigenvalue weighted by Gasteiger charge is 2.41. The van der Waals surface area contributed by atoms with Crippen LogP contribution in [0.15, 0.2) is 4.21 Å². The molecule has 6 nitrogen and oxygen atoms in total. The van der Waals surface area contributed by atoms with Gasteiger partial charge in [-0.2, -0.15) is 4.31 Å². The third-order valence-corrected chi connectivity index (χ3v) is 6.77. The molecule has 0 radical (unpaired) electrons. The summed E-state index contributed by atoms with van der Waals surface area (Å²) in [5.74, 6) is 0. The van der Waals surface area contributed by atoms with Gasteiger partial charge in [0.1, 0.15) is 0 Å². The summed E-state index contributed by atoms with van der Waals surface area (Å²) < 4.78 is 37.3. The van der Waals surface area contributed by atoms with E-state index in [2.05, 4.69) is 4.98 Å². The van der Waals surface area contributed by atoms with Crippen molar-refractivity contribution in [3.05, 3.63) is 10.2 Å². The molecule has 1 aliphatic rings. The molecule has 0 saturated carbocycles. The molecule has 1 saturated heterocycles. The van der Waals surface area contributed by atoms with Gasteiger partial charge in [-0.05, 0) is 6.92 Å². The van der Waals surface area contributed by atoms with E-state index in [4.69, 9.17) is 21.1 Å². The fourth-order valence-corrected chi connectivity index (χ4v) is 5.41. The van der Waals surface area contributed by atoms with Gasteiger partial charge in [-0.25, -0.2) is 13.4 Å². The van der Waals surface area contributed by atoms with Crippen LogP contribution < -0.4 is 0 Å². The number of nitrogens with zero attached hydrogens (tertiary/aromatic N) is 2. The van der Waals surface area contributed by atoms with E-state index in [0.29, 0.717) is 5.69 Å². The van der Waals surface area contributed by atoms with Gasteiger partial charge in [0.25, 0.3) is 10.0 Å². The van der Waals surface area contributed by atoms with Crippen molar-refractivity contribution in [3.8, 4) is 0 Å². The van der Waals surface area contributed by atoms with Crippen LogP contribution in [0, 0.1) is 6.92 Å². The molecule has 0 bridgehead atoms. The van der Waals surface area contributed by atoms with Crippen LogP contribution in [0.4, 0.5) is 0 Å². The maximum absolute atomic E-state index is 12.5. The number of ether oxygens (including phenoxy) is 2. The molecule has 0 aliphatic carbocycles. The number of hydrogen-bond acceptors (Lipinski definition) is 6. The molecule has 1 aliphatic heterocycles. The molecule has 19 heavy (non-hydrogen) atoms. The summed E-state index contributed by atoms with van der Waals surface area (Å²) in [5, 5.41) is 0. The Morgan fingerprint density at radius 3 is 2.21 bits per heavy atom. The summed E-state index contributed by atoms with van der Waals surface area (Å²) in [6.45, 7) is 2.17. The van der Waals surface area contributed by atoms with E-state index in [1.54, 1.807) is 21.1 Å². The zero-order chi connectivity index (χ0) is 14.2. The van der Waals surface area contributed by atoms with Crippen LogP contribution in [0.2, 0.25) is 4.47 Å². The molecule has 2 atom stereocenters. The Hall–Kier alpha value is -0.250. The molecule has 1 aromatic heterocycles. The Morgan fingerprint density at radius 2 is 1.84 bits per heavy atom. The molecule has 2 heterocycles. The monoisotopic (exact) mass is 326 g/mol. The predicted octanol–water partition coefficient (Wildman–Crippen LogP) is 1.14. The maximum Gasteiger partial charge on any atom is 0.254 e. The number of hydrogen-bond donors (Lipinski definition) is 0. The smallest absolute Gasteiger partial charge is 0.254 e. The lowest BCUT2D eigenvalue weighted by Gasteiger charge is -2.14. The summed E-state index contributed by atoms with van der Waals surface area (Å²) in [6.07, 6.45) is -0.521. The van der Waals surface area contributed by atoms with E-state index in [1.807, 2.05) is 0 Å². The largest absolute Gasteiger partial charge is 0.377 e. The predicted molar refractivity (Wildman–Crippen MR) is 72.2 cm³/mol. The van der Waals surface area contributed by atoms with Crippen molar-refractivity contribution in [2.45, 2.75) is 23.3 Å². The van der Waals surface area contributed by atoms with Crippen LogP contribution in [0.3, 0.4) is 0 Å². The SMILES string of the molecule is COC1CN(S(=O)(=O)c2sc(Cl)nc2C)CC1OC. The summed E-state index contributed by atoms with van der Waals surface area (Å²) in [5.41, 5.74) is 0.421. The average Bonchev–Trinajstić information content (AvgIpc) is 2.92. The first-order chi connectivity index (χ1) is 8.90. The second-order valence-corrected chi connectivity index (χ2v) is 7.92. The van der Waals surface area contributed by atoms with Crippen LogP contribution in [0.1, 0.15) is 5.69 Å². The first-order valence-corrected chi connectivity index (χ1v) is 8.22. The molecule has 9 heteroatoms. The molecule has 108 valence electrons. The minimum atomic E-state index is -3.59. The molecular weight excluding hydrogens is 312 g/mol. The highest BCUT2D eigenvalue weighted by Crippen LogP contribution is 2.31. The first-order valence-electron chi connectivity index (χ1n) is 5.58. The van der Waals surface area contributed by atoms with Gasteiger partial charge >= 0.3 is 0 Å². The molecule has 2 unspecified atom stereocenters. The van der Waals surface area contributed by atoms with Crippen LogP contribution in [0.5, 0.6) is 0 Å². The Labute approximate surface area is 121 Å². The molecule has 1 aromatic rings. The average molecular weight is 327 g/mol. The van der Waals surface area contributed by atoms with E-state index in [9.17, 15) is 8.42 Å². The molecular formula is C10H15ClN2O4S2. The third kappa shape index (κ3) is 2.79. The Kier molecular flexibility index (Phi) is 4.49. The van der Waals surface area contributed by atoms with Gasteiger partial charge in [0.15, 0.2) is 8.68 Å². The van der Waals surface area contributed by atoms with Gasteiger partial charge in [-0.3, -0.25) is 0 Å². The van der Waals surface area contributed by atoms with Crippen LogP contribution in [0.25, 0.3) is 0 Å². The summed E-state index contributed by atoms with van der Waals surface area (Å²) in [7, 11) is -0.503. The standard InChI is InChI=1S/C10H15ClN2O4S2/c1-6-9(18-10(11)12-6)19(14,15)13-4-7(16-2)8(5-13)17-3/h7-8H,4-5H2,1-3H3. The van der Waals surface area contributed by atoms with Gasteiger partial charge in [-0.1, -0.05) is 22.9 Å².